The molecule has 1 N–H and O–H groups in total. The normalized spacial score (nSPS) is 13.1. The maximum atomic E-state index is 12.1. The van der Waals surface area contributed by atoms with Crippen molar-refractivity contribution >= 4 is 21.4 Å². The van der Waals surface area contributed by atoms with Crippen LogP contribution in [0.4, 0.5) is 5.69 Å². The van der Waals surface area contributed by atoms with Gasteiger partial charge in [-0.2, -0.15) is 0 Å². The summed E-state index contributed by atoms with van der Waals surface area (Å²) in [4.78, 5) is 13.8. The molecule has 0 aliphatic carbocycles. The molecular formula is C16H26N2O3S. The zero-order chi connectivity index (χ0) is 16.8. The summed E-state index contributed by atoms with van der Waals surface area (Å²) in [6.45, 7) is 5.68. The highest BCUT2D eigenvalue weighted by molar-refractivity contribution is 7.91. The van der Waals surface area contributed by atoms with Crippen molar-refractivity contribution in [3.05, 3.63) is 29.8 Å². The smallest absolute Gasteiger partial charge is 0.238 e. The number of nitrogens with zero attached hydrogens (tertiary/aromatic N) is 1. The van der Waals surface area contributed by atoms with Crippen molar-refractivity contribution in [1.82, 2.24) is 4.90 Å². The van der Waals surface area contributed by atoms with E-state index in [9.17, 15) is 13.2 Å². The van der Waals surface area contributed by atoms with Gasteiger partial charge in [0.2, 0.25) is 5.91 Å². The van der Waals surface area contributed by atoms with Gasteiger partial charge in [-0.15, -0.1) is 0 Å². The number of nitrogens with one attached hydrogen (secondary N) is 1. The van der Waals surface area contributed by atoms with Gasteiger partial charge in [-0.05, 0) is 38.1 Å². The number of aryl methyl sites for hydroxylation is 1. The Morgan fingerprint density at radius 3 is 2.59 bits per heavy atom. The zero-order valence-corrected chi connectivity index (χ0v) is 14.6. The van der Waals surface area contributed by atoms with E-state index < -0.39 is 9.84 Å². The fourth-order valence-electron chi connectivity index (χ4n) is 2.06. The number of hydrogen-bond donors (Lipinski definition) is 1. The summed E-state index contributed by atoms with van der Waals surface area (Å²) < 4.78 is 23.3. The van der Waals surface area contributed by atoms with Crippen molar-refractivity contribution in [2.75, 3.05) is 30.4 Å². The Bertz CT molecular complexity index is 599. The molecule has 0 heterocycles. The van der Waals surface area contributed by atoms with E-state index in [2.05, 4.69) is 12.2 Å². The highest BCUT2D eigenvalue weighted by Gasteiger charge is 2.19. The number of likely N-dealkylation sites (N-methyl/N-ethyl adjacent to an activating group) is 1. The van der Waals surface area contributed by atoms with Gasteiger partial charge in [-0.25, -0.2) is 8.42 Å². The fourth-order valence-corrected chi connectivity index (χ4v) is 3.29. The number of rotatable bonds is 8. The number of anilines is 1. The number of amides is 1. The molecular weight excluding hydrogens is 300 g/mol. The molecule has 0 aromatic heterocycles. The average molecular weight is 326 g/mol. The van der Waals surface area contributed by atoms with Crippen molar-refractivity contribution in [2.24, 2.45) is 0 Å². The Balaban J connectivity index is 2.56. The van der Waals surface area contributed by atoms with Crippen LogP contribution in [0.3, 0.4) is 0 Å². The monoisotopic (exact) mass is 326 g/mol. The van der Waals surface area contributed by atoms with Crippen molar-refractivity contribution in [1.29, 1.82) is 0 Å². The first kappa shape index (κ1) is 18.6. The molecule has 1 atom stereocenters. The van der Waals surface area contributed by atoms with Crippen LogP contribution in [0.5, 0.6) is 0 Å². The molecule has 0 spiro atoms. The molecule has 1 amide bonds. The average Bonchev–Trinajstić information content (AvgIpc) is 2.46. The molecule has 0 bridgehead atoms. The van der Waals surface area contributed by atoms with E-state index in [4.69, 9.17) is 0 Å². The molecule has 1 aromatic carbocycles. The minimum Gasteiger partial charge on any atom is -0.325 e. The molecule has 1 unspecified atom stereocenters. The topological polar surface area (TPSA) is 66.5 Å². The van der Waals surface area contributed by atoms with E-state index in [-0.39, 0.29) is 30.0 Å². The molecule has 0 radical (unpaired) electrons. The van der Waals surface area contributed by atoms with Crippen LogP contribution in [0.25, 0.3) is 0 Å². The first-order valence-electron chi connectivity index (χ1n) is 7.56. The molecule has 0 aliphatic rings. The van der Waals surface area contributed by atoms with Crippen molar-refractivity contribution in [2.45, 2.75) is 33.2 Å². The summed E-state index contributed by atoms with van der Waals surface area (Å²) in [5, 5.41) is 2.85. The lowest BCUT2D eigenvalue weighted by Crippen LogP contribution is -2.40. The molecule has 6 heteroatoms. The highest BCUT2D eigenvalue weighted by atomic mass is 32.2. The predicted octanol–water partition coefficient (Wildman–Crippen LogP) is 1.94. The van der Waals surface area contributed by atoms with E-state index >= 15 is 0 Å². The van der Waals surface area contributed by atoms with Gasteiger partial charge in [-0.1, -0.05) is 26.0 Å². The SMILES string of the molecule is CCc1cccc(NC(=O)CN(C)C(C)CS(=O)(=O)CC)c1. The van der Waals surface area contributed by atoms with Gasteiger partial charge < -0.3 is 5.32 Å². The lowest BCUT2D eigenvalue weighted by atomic mass is 10.1. The molecule has 0 fully saturated rings. The molecule has 5 nitrogen and oxygen atoms in total. The number of hydrogen-bond acceptors (Lipinski definition) is 4. The van der Waals surface area contributed by atoms with Crippen LogP contribution in [0.2, 0.25) is 0 Å². The minimum absolute atomic E-state index is 0.0681. The van der Waals surface area contributed by atoms with Crippen LogP contribution in [0.1, 0.15) is 26.3 Å². The number of sulfone groups is 1. The molecule has 22 heavy (non-hydrogen) atoms. The lowest BCUT2D eigenvalue weighted by Gasteiger charge is -2.23. The molecule has 0 saturated heterocycles. The molecule has 0 aliphatic heterocycles. The largest absolute Gasteiger partial charge is 0.325 e. The second-order valence-electron chi connectivity index (χ2n) is 5.57. The van der Waals surface area contributed by atoms with Gasteiger partial charge in [0.1, 0.15) is 0 Å². The van der Waals surface area contributed by atoms with E-state index in [1.165, 1.54) is 0 Å². The first-order chi connectivity index (χ1) is 10.3. The van der Waals surface area contributed by atoms with Gasteiger partial charge in [-0.3, -0.25) is 9.69 Å². The molecule has 1 rings (SSSR count). The van der Waals surface area contributed by atoms with E-state index in [1.807, 2.05) is 31.2 Å². The maximum Gasteiger partial charge on any atom is 0.238 e. The third-order valence-corrected chi connectivity index (χ3v) is 5.57. The lowest BCUT2D eigenvalue weighted by molar-refractivity contribution is -0.117. The quantitative estimate of drug-likeness (QED) is 0.793. The van der Waals surface area contributed by atoms with Gasteiger partial charge in [0, 0.05) is 17.5 Å². The Labute approximate surface area is 133 Å². The van der Waals surface area contributed by atoms with Crippen LogP contribution in [0, 0.1) is 0 Å². The maximum absolute atomic E-state index is 12.1. The highest BCUT2D eigenvalue weighted by Crippen LogP contribution is 2.11. The predicted molar refractivity (Wildman–Crippen MR) is 90.9 cm³/mol. The van der Waals surface area contributed by atoms with Crippen LogP contribution in [-0.4, -0.2) is 50.4 Å². The standard InChI is InChI=1S/C16H26N2O3S/c1-5-14-8-7-9-15(10-14)17-16(19)11-18(4)13(3)12-22(20,21)6-2/h7-10,13H,5-6,11-12H2,1-4H3,(H,17,19). The molecule has 124 valence electrons. The van der Waals surface area contributed by atoms with Crippen LogP contribution in [-0.2, 0) is 21.1 Å². The summed E-state index contributed by atoms with van der Waals surface area (Å²) in [6.07, 6.45) is 0.912. The summed E-state index contributed by atoms with van der Waals surface area (Å²) in [5.41, 5.74) is 1.93. The third-order valence-electron chi connectivity index (χ3n) is 3.70. The van der Waals surface area contributed by atoms with Gasteiger partial charge in [0.15, 0.2) is 9.84 Å². The molecule has 0 saturated carbocycles. The summed E-state index contributed by atoms with van der Waals surface area (Å²) >= 11 is 0. The molecule has 1 aromatic rings. The second kappa shape index (κ2) is 8.29. The Kier molecular flexibility index (Phi) is 7.03. The Hall–Kier alpha value is -1.40. The van der Waals surface area contributed by atoms with Gasteiger partial charge in [0.25, 0.3) is 0 Å². The third kappa shape index (κ3) is 6.15. The van der Waals surface area contributed by atoms with Crippen LogP contribution < -0.4 is 5.32 Å². The number of benzene rings is 1. The van der Waals surface area contributed by atoms with E-state index in [0.29, 0.717) is 0 Å². The second-order valence-corrected chi connectivity index (χ2v) is 7.96. The van der Waals surface area contributed by atoms with E-state index in [0.717, 1.165) is 17.7 Å². The zero-order valence-electron chi connectivity index (χ0n) is 13.8. The Morgan fingerprint density at radius 2 is 2.00 bits per heavy atom. The summed E-state index contributed by atoms with van der Waals surface area (Å²) in [7, 11) is -1.28. The summed E-state index contributed by atoms with van der Waals surface area (Å²) in [5.74, 6) is 0.0521. The van der Waals surface area contributed by atoms with Gasteiger partial charge >= 0.3 is 0 Å². The van der Waals surface area contributed by atoms with Crippen molar-refractivity contribution in [3.8, 4) is 0 Å². The minimum atomic E-state index is -3.04. The van der Waals surface area contributed by atoms with E-state index in [1.54, 1.807) is 18.9 Å². The first-order valence-corrected chi connectivity index (χ1v) is 9.39. The van der Waals surface area contributed by atoms with Crippen molar-refractivity contribution in [3.63, 3.8) is 0 Å². The number of carbonyl (C=O) groups excluding carboxylic acids is 1. The fraction of sp³-hybridized carbons (Fsp3) is 0.562. The van der Waals surface area contributed by atoms with Gasteiger partial charge in [0.05, 0.1) is 12.3 Å². The van der Waals surface area contributed by atoms with Crippen LogP contribution >= 0.6 is 0 Å². The summed E-state index contributed by atoms with van der Waals surface area (Å²) in [6, 6.07) is 7.52. The Morgan fingerprint density at radius 1 is 1.32 bits per heavy atom. The van der Waals surface area contributed by atoms with Crippen molar-refractivity contribution < 1.29 is 13.2 Å². The van der Waals surface area contributed by atoms with Crippen LogP contribution in [0.15, 0.2) is 24.3 Å². The number of carbonyl (C=O) groups is 1.